The van der Waals surface area contributed by atoms with Crippen LogP contribution in [0.4, 0.5) is 0 Å². The molecule has 0 aliphatic carbocycles. The van der Waals surface area contributed by atoms with Crippen molar-refractivity contribution in [3.05, 3.63) is 64.2 Å². The molecule has 22 heavy (non-hydrogen) atoms. The molecule has 0 radical (unpaired) electrons. The fourth-order valence-corrected chi connectivity index (χ4v) is 2.37. The number of ether oxygens (including phenoxy) is 1. The van der Waals surface area contributed by atoms with Crippen molar-refractivity contribution in [2.24, 2.45) is 0 Å². The quantitative estimate of drug-likeness (QED) is 0.671. The van der Waals surface area contributed by atoms with Gasteiger partial charge in [-0.1, -0.05) is 36.4 Å². The number of rotatable bonds is 5. The lowest BCUT2D eigenvalue weighted by atomic mass is 9.97. The largest absolute Gasteiger partial charge is 0.461 e. The van der Waals surface area contributed by atoms with E-state index in [0.29, 0.717) is 5.57 Å². The Labute approximate surface area is 130 Å². The number of carbonyl (C=O) groups excluding carboxylic acids is 1. The first kappa shape index (κ1) is 16.0. The van der Waals surface area contributed by atoms with Gasteiger partial charge in [0, 0.05) is 12.2 Å². The lowest BCUT2D eigenvalue weighted by molar-refractivity contribution is -0.144. The molecule has 1 N–H and O–H groups in total. The molecular weight excluding hydrogens is 278 g/mol. The maximum atomic E-state index is 11.6. The number of aliphatic hydroxyl groups excluding tert-OH is 1. The molecule has 0 amide bonds. The van der Waals surface area contributed by atoms with Gasteiger partial charge >= 0.3 is 5.97 Å². The van der Waals surface area contributed by atoms with Crippen LogP contribution in [0.15, 0.2) is 41.6 Å². The van der Waals surface area contributed by atoms with Gasteiger partial charge in [0.2, 0.25) is 0 Å². The normalized spacial score (nSPS) is 16.9. The van der Waals surface area contributed by atoms with E-state index in [-0.39, 0.29) is 12.3 Å². The number of benzene rings is 1. The molecule has 1 heterocycles. The third-order valence-electron chi connectivity index (χ3n) is 3.60. The van der Waals surface area contributed by atoms with Crippen LogP contribution in [0.2, 0.25) is 0 Å². The van der Waals surface area contributed by atoms with Gasteiger partial charge in [-0.3, -0.25) is 4.79 Å². The molecule has 1 aromatic carbocycles. The Balaban J connectivity index is 2.19. The average molecular weight is 297 g/mol. The van der Waals surface area contributed by atoms with E-state index in [1.807, 2.05) is 30.3 Å². The van der Waals surface area contributed by atoms with Gasteiger partial charge in [-0.25, -0.2) is 4.85 Å². The van der Waals surface area contributed by atoms with Gasteiger partial charge in [0.15, 0.2) is 0 Å². The summed E-state index contributed by atoms with van der Waals surface area (Å²) in [6.45, 7) is 10.9. The van der Waals surface area contributed by atoms with Crippen LogP contribution in [0.5, 0.6) is 0 Å². The molecule has 0 atom stereocenters. The molecule has 1 aromatic rings. The first-order valence-electron chi connectivity index (χ1n) is 7.21. The van der Waals surface area contributed by atoms with Gasteiger partial charge in [0.1, 0.15) is 5.60 Å². The van der Waals surface area contributed by atoms with Gasteiger partial charge < -0.3 is 9.84 Å². The summed E-state index contributed by atoms with van der Waals surface area (Å²) < 4.78 is 5.21. The number of nitrogens with zero attached hydrogens (tertiary/aromatic N) is 1. The highest BCUT2D eigenvalue weighted by Crippen LogP contribution is 2.34. The summed E-state index contributed by atoms with van der Waals surface area (Å²) in [6.07, 6.45) is 5.26. The van der Waals surface area contributed by atoms with Crippen molar-refractivity contribution < 1.29 is 14.6 Å². The van der Waals surface area contributed by atoms with Crippen LogP contribution in [0.25, 0.3) is 10.9 Å². The van der Waals surface area contributed by atoms with E-state index in [1.54, 1.807) is 19.9 Å². The smallest absolute Gasteiger partial charge is 0.337 e. The summed E-state index contributed by atoms with van der Waals surface area (Å²) in [7, 11) is 0. The van der Waals surface area contributed by atoms with Crippen LogP contribution in [0, 0.1) is 6.57 Å². The maximum absolute atomic E-state index is 11.6. The predicted octanol–water partition coefficient (Wildman–Crippen LogP) is 3.13. The van der Waals surface area contributed by atoms with E-state index < -0.39 is 11.6 Å². The van der Waals surface area contributed by atoms with Crippen LogP contribution >= 0.6 is 0 Å². The Bertz CT molecular complexity index is 661. The van der Waals surface area contributed by atoms with Crippen molar-refractivity contribution in [3.63, 3.8) is 0 Å². The van der Waals surface area contributed by atoms with E-state index in [9.17, 15) is 4.79 Å². The molecule has 0 bridgehead atoms. The Kier molecular flexibility index (Phi) is 4.79. The topological polar surface area (TPSA) is 50.9 Å². The van der Waals surface area contributed by atoms with E-state index in [1.165, 1.54) is 5.56 Å². The van der Waals surface area contributed by atoms with Crippen molar-refractivity contribution in [2.45, 2.75) is 32.3 Å². The third kappa shape index (κ3) is 3.44. The molecule has 114 valence electrons. The molecule has 0 aromatic heterocycles. The first-order valence-corrected chi connectivity index (χ1v) is 7.21. The number of carbonyl (C=O) groups is 1. The van der Waals surface area contributed by atoms with Gasteiger partial charge in [0.25, 0.3) is 5.70 Å². The fourth-order valence-electron chi connectivity index (χ4n) is 2.37. The van der Waals surface area contributed by atoms with Crippen LogP contribution in [-0.2, 0) is 16.0 Å². The molecule has 4 nitrogen and oxygen atoms in total. The Hall–Kier alpha value is -2.38. The maximum Gasteiger partial charge on any atom is 0.337 e. The van der Waals surface area contributed by atoms with Gasteiger partial charge in [0.05, 0.1) is 6.57 Å². The zero-order chi connectivity index (χ0) is 16.2. The number of hydrogen-bond acceptors (Lipinski definition) is 3. The molecule has 0 fully saturated rings. The summed E-state index contributed by atoms with van der Waals surface area (Å²) in [6, 6.07) is 7.99. The second-order valence-electron chi connectivity index (χ2n) is 5.68. The summed E-state index contributed by atoms with van der Waals surface area (Å²) in [5, 5.41) is 8.83. The van der Waals surface area contributed by atoms with Crippen molar-refractivity contribution in [3.8, 4) is 0 Å². The van der Waals surface area contributed by atoms with Crippen LogP contribution < -0.4 is 0 Å². The monoisotopic (exact) mass is 297 g/mol. The highest BCUT2D eigenvalue weighted by molar-refractivity contribution is 5.96. The molecule has 4 heteroatoms. The van der Waals surface area contributed by atoms with Gasteiger partial charge in [-0.05, 0) is 37.8 Å². The van der Waals surface area contributed by atoms with Crippen LogP contribution in [0.3, 0.4) is 0 Å². The lowest BCUT2D eigenvalue weighted by Gasteiger charge is -2.19. The molecular formula is C18H19NO3. The van der Waals surface area contributed by atoms with E-state index >= 15 is 0 Å². The van der Waals surface area contributed by atoms with Crippen molar-refractivity contribution in [2.75, 3.05) is 6.61 Å². The Morgan fingerprint density at radius 3 is 2.55 bits per heavy atom. The third-order valence-corrected chi connectivity index (χ3v) is 3.60. The highest BCUT2D eigenvalue weighted by atomic mass is 16.6. The average Bonchev–Trinajstić information content (AvgIpc) is 2.71. The van der Waals surface area contributed by atoms with Gasteiger partial charge in [-0.2, -0.15) is 0 Å². The molecule has 0 unspecified atom stereocenters. The van der Waals surface area contributed by atoms with Crippen LogP contribution in [-0.4, -0.2) is 23.3 Å². The standard InChI is InChI=1S/C18H19NO3/c1-18(2)15(16(19-3)17(21)22-18)11-10-14-8-6-13(7-9-14)5-4-12-20/h6-11,20H,4-5,12H2,1-2H3/b11-10+. The van der Waals surface area contributed by atoms with Crippen LogP contribution in [0.1, 0.15) is 31.4 Å². The predicted molar refractivity (Wildman–Crippen MR) is 84.7 cm³/mol. The number of aliphatic hydroxyl groups is 1. The molecule has 1 aliphatic heterocycles. The minimum Gasteiger partial charge on any atom is -0.461 e. The molecule has 0 saturated carbocycles. The fraction of sp³-hybridized carbons (Fsp3) is 0.333. The number of esters is 1. The molecule has 1 aliphatic rings. The summed E-state index contributed by atoms with van der Waals surface area (Å²) >= 11 is 0. The van der Waals surface area contributed by atoms with E-state index in [4.69, 9.17) is 16.4 Å². The SMILES string of the molecule is [C-]#[N+]C1=C(/C=C/c2ccc(CCCO)cc2)C(C)(C)OC1=O. The Morgan fingerprint density at radius 2 is 1.95 bits per heavy atom. The minimum atomic E-state index is -0.769. The summed E-state index contributed by atoms with van der Waals surface area (Å²) in [5.74, 6) is -0.556. The highest BCUT2D eigenvalue weighted by Gasteiger charge is 2.39. The molecule has 2 rings (SSSR count). The number of aryl methyl sites for hydroxylation is 1. The molecule has 0 spiro atoms. The Morgan fingerprint density at radius 1 is 1.27 bits per heavy atom. The number of hydrogen-bond donors (Lipinski definition) is 1. The van der Waals surface area contributed by atoms with Gasteiger partial charge in [-0.15, -0.1) is 0 Å². The second-order valence-corrected chi connectivity index (χ2v) is 5.68. The zero-order valence-electron chi connectivity index (χ0n) is 12.8. The minimum absolute atomic E-state index is 0.0563. The van der Waals surface area contributed by atoms with E-state index in [0.717, 1.165) is 18.4 Å². The summed E-state index contributed by atoms with van der Waals surface area (Å²) in [4.78, 5) is 14.9. The van der Waals surface area contributed by atoms with Crippen molar-refractivity contribution >= 4 is 12.0 Å². The zero-order valence-corrected chi connectivity index (χ0v) is 12.8. The van der Waals surface area contributed by atoms with Crippen molar-refractivity contribution in [1.29, 1.82) is 0 Å². The second kappa shape index (κ2) is 6.59. The van der Waals surface area contributed by atoms with E-state index in [2.05, 4.69) is 4.85 Å². The first-order chi connectivity index (χ1) is 10.5. The number of cyclic esters (lactones) is 1. The molecule has 0 saturated heterocycles. The van der Waals surface area contributed by atoms with Crippen molar-refractivity contribution in [1.82, 2.24) is 0 Å². The lowest BCUT2D eigenvalue weighted by Crippen LogP contribution is -2.22. The summed E-state index contributed by atoms with van der Waals surface area (Å²) in [5.41, 5.74) is 2.05.